The van der Waals surface area contributed by atoms with Crippen molar-refractivity contribution >= 4 is 9.52 Å². The van der Waals surface area contributed by atoms with Crippen LogP contribution in [0.25, 0.3) is 0 Å². The van der Waals surface area contributed by atoms with Crippen molar-refractivity contribution in [3.63, 3.8) is 0 Å². The Morgan fingerprint density at radius 2 is 1.77 bits per heavy atom. The van der Waals surface area contributed by atoms with E-state index in [9.17, 15) is 5.11 Å². The van der Waals surface area contributed by atoms with E-state index >= 15 is 0 Å². The molecule has 0 aromatic heterocycles. The lowest BCUT2D eigenvalue weighted by Gasteiger charge is -1.99. The summed E-state index contributed by atoms with van der Waals surface area (Å²) >= 11 is 0. The van der Waals surface area contributed by atoms with Gasteiger partial charge >= 0.3 is 0 Å². The Morgan fingerprint density at radius 1 is 1.23 bits per heavy atom. The Labute approximate surface area is 83.6 Å². The summed E-state index contributed by atoms with van der Waals surface area (Å²) in [6, 6.07) is 7.48. The molecule has 0 unspecified atom stereocenters. The maximum atomic E-state index is 9.24. The van der Waals surface area contributed by atoms with Crippen LogP contribution in [0.2, 0.25) is 13.1 Å². The van der Waals surface area contributed by atoms with Crippen molar-refractivity contribution in [2.75, 3.05) is 0 Å². The zero-order valence-corrected chi connectivity index (χ0v) is 9.67. The van der Waals surface area contributed by atoms with Crippen LogP contribution < -0.4 is 0 Å². The van der Waals surface area contributed by atoms with E-state index in [-0.39, 0.29) is 0 Å². The molecule has 0 saturated carbocycles. The summed E-state index contributed by atoms with van der Waals surface area (Å²) in [5, 5.41) is 9.24. The van der Waals surface area contributed by atoms with Gasteiger partial charge in [-0.05, 0) is 18.1 Å². The SMILES string of the molecule is CCCc1ccccc1O.C[Si]C. The van der Waals surface area contributed by atoms with Crippen LogP contribution in [-0.4, -0.2) is 14.6 Å². The van der Waals surface area contributed by atoms with Crippen LogP contribution in [0.5, 0.6) is 5.75 Å². The highest BCUT2D eigenvalue weighted by molar-refractivity contribution is 6.31. The highest BCUT2D eigenvalue weighted by Crippen LogP contribution is 2.16. The number of phenols is 1. The summed E-state index contributed by atoms with van der Waals surface area (Å²) in [4.78, 5) is 0. The third kappa shape index (κ3) is 5.47. The highest BCUT2D eigenvalue weighted by atomic mass is 28.2. The minimum absolute atomic E-state index is 0.421. The topological polar surface area (TPSA) is 20.2 Å². The van der Waals surface area contributed by atoms with Crippen molar-refractivity contribution in [2.24, 2.45) is 0 Å². The van der Waals surface area contributed by atoms with Gasteiger partial charge in [-0.3, -0.25) is 0 Å². The molecule has 13 heavy (non-hydrogen) atoms. The smallest absolute Gasteiger partial charge is 0.118 e. The third-order valence-corrected chi connectivity index (χ3v) is 1.51. The molecule has 0 atom stereocenters. The van der Waals surface area contributed by atoms with Gasteiger partial charge in [-0.15, -0.1) is 0 Å². The first-order chi connectivity index (χ1) is 6.26. The first-order valence-corrected chi connectivity index (χ1v) is 6.61. The van der Waals surface area contributed by atoms with Gasteiger partial charge in [0.1, 0.15) is 5.75 Å². The lowest BCUT2D eigenvalue weighted by molar-refractivity contribution is 0.467. The van der Waals surface area contributed by atoms with E-state index in [0.717, 1.165) is 27.9 Å². The van der Waals surface area contributed by atoms with Gasteiger partial charge in [0.25, 0.3) is 0 Å². The van der Waals surface area contributed by atoms with Crippen LogP contribution >= 0.6 is 0 Å². The molecular formula is C11H18OSi. The Bertz CT molecular complexity index is 223. The van der Waals surface area contributed by atoms with E-state index < -0.39 is 0 Å². The molecule has 1 N–H and O–H groups in total. The van der Waals surface area contributed by atoms with E-state index in [0.29, 0.717) is 5.75 Å². The number of hydrogen-bond acceptors (Lipinski definition) is 1. The number of phenolic OH excluding ortho intramolecular Hbond substituents is 1. The second-order valence-electron chi connectivity index (χ2n) is 2.88. The molecule has 0 heterocycles. The third-order valence-electron chi connectivity index (χ3n) is 1.51. The molecule has 0 fully saturated rings. The normalized spacial score (nSPS) is 8.85. The first-order valence-electron chi connectivity index (χ1n) is 4.61. The Balaban J connectivity index is 0.000000424. The largest absolute Gasteiger partial charge is 0.508 e. The molecule has 1 aromatic rings. The van der Waals surface area contributed by atoms with Crippen molar-refractivity contribution in [3.05, 3.63) is 29.8 Å². The summed E-state index contributed by atoms with van der Waals surface area (Å²) in [6.45, 7) is 6.41. The quantitative estimate of drug-likeness (QED) is 0.717. The molecule has 2 heteroatoms. The molecule has 0 bridgehead atoms. The van der Waals surface area contributed by atoms with Gasteiger partial charge in [-0.1, -0.05) is 44.6 Å². The van der Waals surface area contributed by atoms with E-state index in [1.54, 1.807) is 6.07 Å². The number of hydrogen-bond donors (Lipinski definition) is 1. The van der Waals surface area contributed by atoms with Crippen molar-refractivity contribution in [3.8, 4) is 5.75 Å². The van der Waals surface area contributed by atoms with E-state index in [1.807, 2.05) is 18.2 Å². The summed E-state index contributed by atoms with van der Waals surface area (Å²) in [5.41, 5.74) is 1.05. The van der Waals surface area contributed by atoms with Crippen LogP contribution in [0.15, 0.2) is 24.3 Å². The number of rotatable bonds is 2. The molecular weight excluding hydrogens is 176 g/mol. The van der Waals surface area contributed by atoms with E-state index in [2.05, 4.69) is 20.0 Å². The average Bonchev–Trinajstić information content (AvgIpc) is 2.11. The summed E-state index contributed by atoms with van der Waals surface area (Å²) in [7, 11) is 1.08. The van der Waals surface area contributed by atoms with Gasteiger partial charge in [0, 0.05) is 9.52 Å². The molecule has 1 nitrogen and oxygen atoms in total. The van der Waals surface area contributed by atoms with Gasteiger partial charge in [0.2, 0.25) is 0 Å². The number of aryl methyl sites for hydroxylation is 1. The number of benzene rings is 1. The van der Waals surface area contributed by atoms with Gasteiger partial charge in [0.05, 0.1) is 0 Å². The van der Waals surface area contributed by atoms with Crippen molar-refractivity contribution < 1.29 is 5.11 Å². The van der Waals surface area contributed by atoms with E-state index in [4.69, 9.17) is 0 Å². The molecule has 0 amide bonds. The minimum atomic E-state index is 0.421. The Hall–Kier alpha value is -0.763. The first kappa shape index (κ1) is 12.2. The highest BCUT2D eigenvalue weighted by Gasteiger charge is 1.95. The minimum Gasteiger partial charge on any atom is -0.508 e. The maximum Gasteiger partial charge on any atom is 0.118 e. The van der Waals surface area contributed by atoms with Crippen molar-refractivity contribution in [1.29, 1.82) is 0 Å². The zero-order chi connectivity index (χ0) is 10.1. The van der Waals surface area contributed by atoms with Gasteiger partial charge in [-0.2, -0.15) is 0 Å². The van der Waals surface area contributed by atoms with Crippen molar-refractivity contribution in [1.82, 2.24) is 0 Å². The molecule has 0 saturated heterocycles. The van der Waals surface area contributed by atoms with Gasteiger partial charge in [0.15, 0.2) is 0 Å². The summed E-state index contributed by atoms with van der Waals surface area (Å²) in [6.07, 6.45) is 2.05. The molecule has 0 aliphatic heterocycles. The lowest BCUT2D eigenvalue weighted by atomic mass is 10.1. The average molecular weight is 194 g/mol. The van der Waals surface area contributed by atoms with E-state index in [1.165, 1.54) is 0 Å². The second kappa shape index (κ2) is 7.86. The summed E-state index contributed by atoms with van der Waals surface area (Å²) in [5.74, 6) is 0.421. The van der Waals surface area contributed by atoms with Crippen molar-refractivity contribution in [2.45, 2.75) is 32.9 Å². The van der Waals surface area contributed by atoms with Crippen LogP contribution in [0.4, 0.5) is 0 Å². The molecule has 0 aliphatic carbocycles. The molecule has 1 rings (SSSR count). The van der Waals surface area contributed by atoms with Gasteiger partial charge in [-0.25, -0.2) is 0 Å². The second-order valence-corrected chi connectivity index (χ2v) is 3.88. The maximum absolute atomic E-state index is 9.24. The number of aromatic hydroxyl groups is 1. The van der Waals surface area contributed by atoms with Crippen LogP contribution in [0.1, 0.15) is 18.9 Å². The Kier molecular flexibility index (Phi) is 7.40. The van der Waals surface area contributed by atoms with Crippen LogP contribution in [0, 0.1) is 0 Å². The fourth-order valence-electron chi connectivity index (χ4n) is 0.992. The van der Waals surface area contributed by atoms with Gasteiger partial charge < -0.3 is 5.11 Å². The molecule has 1 aromatic carbocycles. The van der Waals surface area contributed by atoms with Crippen LogP contribution in [0.3, 0.4) is 0 Å². The standard InChI is InChI=1S/C9H12O.C2H6Si/c1-2-5-8-6-3-4-7-9(8)10;1-3-2/h3-4,6-7,10H,2,5H2,1H3;1-2H3. The summed E-state index contributed by atoms with van der Waals surface area (Å²) < 4.78 is 0. The molecule has 0 aliphatic rings. The predicted molar refractivity (Wildman–Crippen MR) is 59.6 cm³/mol. The molecule has 0 spiro atoms. The predicted octanol–water partition coefficient (Wildman–Crippen LogP) is 3.13. The fourth-order valence-corrected chi connectivity index (χ4v) is 0.992. The molecule has 72 valence electrons. The number of para-hydroxylation sites is 1. The monoisotopic (exact) mass is 194 g/mol. The fraction of sp³-hybridized carbons (Fsp3) is 0.455. The zero-order valence-electron chi connectivity index (χ0n) is 8.67. The van der Waals surface area contributed by atoms with Crippen LogP contribution in [-0.2, 0) is 6.42 Å². The molecule has 2 radical (unpaired) electrons. The lowest BCUT2D eigenvalue weighted by Crippen LogP contribution is -1.81. The Morgan fingerprint density at radius 3 is 2.23 bits per heavy atom.